The highest BCUT2D eigenvalue weighted by Gasteiger charge is 2.14. The molecular formula is C16H30N4O. The zero-order chi connectivity index (χ0) is 16.0. The van der Waals surface area contributed by atoms with Crippen LogP contribution in [0.3, 0.4) is 0 Å². The molecule has 5 heteroatoms. The van der Waals surface area contributed by atoms with E-state index >= 15 is 0 Å². The number of aromatic nitrogens is 1. The van der Waals surface area contributed by atoms with Crippen molar-refractivity contribution in [3.63, 3.8) is 0 Å². The number of carbonyl (C=O) groups excluding carboxylic acids is 1. The Morgan fingerprint density at radius 2 is 2.00 bits per heavy atom. The number of anilines is 1. The van der Waals surface area contributed by atoms with Gasteiger partial charge in [0.1, 0.15) is 5.69 Å². The van der Waals surface area contributed by atoms with Gasteiger partial charge in [0.25, 0.3) is 5.91 Å². The number of unbranched alkanes of at least 4 members (excludes halogenated alkanes) is 1. The summed E-state index contributed by atoms with van der Waals surface area (Å²) in [5.74, 6) is -0.0439. The number of hydrogen-bond donors (Lipinski definition) is 2. The fourth-order valence-electron chi connectivity index (χ4n) is 2.15. The zero-order valence-corrected chi connectivity index (χ0v) is 14.0. The van der Waals surface area contributed by atoms with Gasteiger partial charge in [0.15, 0.2) is 0 Å². The molecule has 0 fully saturated rings. The van der Waals surface area contributed by atoms with Gasteiger partial charge in [0.2, 0.25) is 0 Å². The molecule has 120 valence electrons. The van der Waals surface area contributed by atoms with Gasteiger partial charge in [0, 0.05) is 24.8 Å². The van der Waals surface area contributed by atoms with Crippen LogP contribution in [0.15, 0.2) is 12.3 Å². The Kier molecular flexibility index (Phi) is 6.75. The van der Waals surface area contributed by atoms with Gasteiger partial charge in [-0.1, -0.05) is 0 Å². The van der Waals surface area contributed by atoms with E-state index in [-0.39, 0.29) is 11.9 Å². The van der Waals surface area contributed by atoms with E-state index in [0.29, 0.717) is 24.0 Å². The van der Waals surface area contributed by atoms with Crippen molar-refractivity contribution in [2.75, 3.05) is 25.9 Å². The van der Waals surface area contributed by atoms with Gasteiger partial charge in [-0.15, -0.1) is 0 Å². The quantitative estimate of drug-likeness (QED) is 0.724. The van der Waals surface area contributed by atoms with Crippen LogP contribution in [0, 0.1) is 0 Å². The van der Waals surface area contributed by atoms with E-state index in [1.54, 1.807) is 6.07 Å². The van der Waals surface area contributed by atoms with E-state index in [2.05, 4.69) is 31.1 Å². The van der Waals surface area contributed by atoms with Crippen LogP contribution >= 0.6 is 0 Å². The molecule has 5 nitrogen and oxygen atoms in total. The van der Waals surface area contributed by atoms with Crippen LogP contribution in [-0.2, 0) is 0 Å². The first-order chi connectivity index (χ1) is 9.82. The zero-order valence-electron chi connectivity index (χ0n) is 14.0. The SMILES string of the molecule is CC(C)N(C)CCCCNC(=O)c1cc(N)cn1C(C)C. The second kappa shape index (κ2) is 8.08. The number of nitrogens with two attached hydrogens (primary N) is 1. The van der Waals surface area contributed by atoms with Crippen LogP contribution in [0.5, 0.6) is 0 Å². The summed E-state index contributed by atoms with van der Waals surface area (Å²) in [6.45, 7) is 10.2. The number of nitrogens with one attached hydrogen (secondary N) is 1. The molecule has 3 N–H and O–H groups in total. The molecule has 0 saturated heterocycles. The lowest BCUT2D eigenvalue weighted by Gasteiger charge is -2.20. The molecule has 1 aromatic rings. The van der Waals surface area contributed by atoms with Gasteiger partial charge >= 0.3 is 0 Å². The van der Waals surface area contributed by atoms with Crippen molar-refractivity contribution in [3.8, 4) is 0 Å². The molecule has 21 heavy (non-hydrogen) atoms. The average Bonchev–Trinajstić information content (AvgIpc) is 2.80. The fourth-order valence-corrected chi connectivity index (χ4v) is 2.15. The van der Waals surface area contributed by atoms with E-state index in [1.807, 2.05) is 24.6 Å². The normalized spacial score (nSPS) is 11.6. The fraction of sp³-hybridized carbons (Fsp3) is 0.688. The lowest BCUT2D eigenvalue weighted by molar-refractivity contribution is 0.0941. The van der Waals surface area contributed by atoms with Crippen LogP contribution in [-0.4, -0.2) is 41.6 Å². The molecule has 0 aliphatic heterocycles. The summed E-state index contributed by atoms with van der Waals surface area (Å²) in [4.78, 5) is 14.5. The van der Waals surface area contributed by atoms with Gasteiger partial charge in [-0.3, -0.25) is 4.79 Å². The summed E-state index contributed by atoms with van der Waals surface area (Å²) in [5.41, 5.74) is 7.06. The van der Waals surface area contributed by atoms with E-state index in [4.69, 9.17) is 5.73 Å². The second-order valence-electron chi connectivity index (χ2n) is 6.20. The van der Waals surface area contributed by atoms with Crippen molar-refractivity contribution >= 4 is 11.6 Å². The lowest BCUT2D eigenvalue weighted by Crippen LogP contribution is -2.29. The lowest BCUT2D eigenvalue weighted by atomic mass is 10.2. The first kappa shape index (κ1) is 17.6. The highest BCUT2D eigenvalue weighted by atomic mass is 16.1. The van der Waals surface area contributed by atoms with Crippen molar-refractivity contribution in [2.24, 2.45) is 0 Å². The molecule has 0 aromatic carbocycles. The Labute approximate surface area is 128 Å². The standard InChI is InChI=1S/C16H30N4O/c1-12(2)19(5)9-7-6-8-18-16(21)15-10-14(17)11-20(15)13(3)4/h10-13H,6-9,17H2,1-5H3,(H,18,21). The third-order valence-electron chi connectivity index (χ3n) is 3.76. The number of hydrogen-bond acceptors (Lipinski definition) is 3. The van der Waals surface area contributed by atoms with Crippen molar-refractivity contribution in [1.82, 2.24) is 14.8 Å². The van der Waals surface area contributed by atoms with Gasteiger partial charge in [-0.2, -0.15) is 0 Å². The highest BCUT2D eigenvalue weighted by molar-refractivity contribution is 5.93. The number of nitrogens with zero attached hydrogens (tertiary/aromatic N) is 2. The minimum Gasteiger partial charge on any atom is -0.397 e. The summed E-state index contributed by atoms with van der Waals surface area (Å²) >= 11 is 0. The van der Waals surface area contributed by atoms with Crippen LogP contribution in [0.2, 0.25) is 0 Å². The average molecular weight is 294 g/mol. The molecule has 0 saturated carbocycles. The number of rotatable bonds is 8. The molecule has 0 aliphatic carbocycles. The molecule has 0 aliphatic rings. The first-order valence-electron chi connectivity index (χ1n) is 7.78. The van der Waals surface area contributed by atoms with Gasteiger partial charge < -0.3 is 20.5 Å². The topological polar surface area (TPSA) is 63.3 Å². The number of amides is 1. The smallest absolute Gasteiger partial charge is 0.267 e. The first-order valence-corrected chi connectivity index (χ1v) is 7.78. The predicted octanol–water partition coefficient (Wildman–Crippen LogP) is 2.50. The molecule has 0 unspecified atom stereocenters. The monoisotopic (exact) mass is 294 g/mol. The maximum absolute atomic E-state index is 12.2. The molecule has 0 bridgehead atoms. The third kappa shape index (κ3) is 5.42. The Morgan fingerprint density at radius 1 is 1.33 bits per heavy atom. The Bertz CT molecular complexity index is 451. The van der Waals surface area contributed by atoms with Gasteiger partial charge in [-0.25, -0.2) is 0 Å². The highest BCUT2D eigenvalue weighted by Crippen LogP contribution is 2.16. The second-order valence-corrected chi connectivity index (χ2v) is 6.20. The van der Waals surface area contributed by atoms with Crippen molar-refractivity contribution in [1.29, 1.82) is 0 Å². The van der Waals surface area contributed by atoms with Crippen molar-refractivity contribution < 1.29 is 4.79 Å². The summed E-state index contributed by atoms with van der Waals surface area (Å²) in [7, 11) is 2.13. The third-order valence-corrected chi connectivity index (χ3v) is 3.76. The molecule has 1 rings (SSSR count). The maximum Gasteiger partial charge on any atom is 0.267 e. The predicted molar refractivity (Wildman–Crippen MR) is 88.6 cm³/mol. The molecule has 0 radical (unpaired) electrons. The maximum atomic E-state index is 12.2. The van der Waals surface area contributed by atoms with Gasteiger partial charge in [-0.05, 0) is 60.2 Å². The molecule has 1 aromatic heterocycles. The van der Waals surface area contributed by atoms with E-state index in [0.717, 1.165) is 19.4 Å². The van der Waals surface area contributed by atoms with Crippen molar-refractivity contribution in [3.05, 3.63) is 18.0 Å². The van der Waals surface area contributed by atoms with E-state index < -0.39 is 0 Å². The molecule has 1 heterocycles. The van der Waals surface area contributed by atoms with Crippen LogP contribution in [0.25, 0.3) is 0 Å². The van der Waals surface area contributed by atoms with E-state index in [1.165, 1.54) is 0 Å². The number of carbonyl (C=O) groups is 1. The molecule has 1 amide bonds. The van der Waals surface area contributed by atoms with Gasteiger partial charge in [0.05, 0.1) is 5.69 Å². The summed E-state index contributed by atoms with van der Waals surface area (Å²) < 4.78 is 1.91. The van der Waals surface area contributed by atoms with Crippen LogP contribution < -0.4 is 11.1 Å². The molecule has 0 atom stereocenters. The summed E-state index contributed by atoms with van der Waals surface area (Å²) in [6, 6.07) is 2.53. The minimum absolute atomic E-state index is 0.0439. The number of nitrogen functional groups attached to an aromatic ring is 1. The summed E-state index contributed by atoms with van der Waals surface area (Å²) in [5, 5.41) is 2.98. The van der Waals surface area contributed by atoms with E-state index in [9.17, 15) is 4.79 Å². The van der Waals surface area contributed by atoms with Crippen molar-refractivity contribution in [2.45, 2.75) is 52.6 Å². The van der Waals surface area contributed by atoms with Crippen LogP contribution in [0.1, 0.15) is 57.1 Å². The largest absolute Gasteiger partial charge is 0.397 e. The van der Waals surface area contributed by atoms with Crippen LogP contribution in [0.4, 0.5) is 5.69 Å². The Balaban J connectivity index is 2.38. The summed E-state index contributed by atoms with van der Waals surface area (Å²) in [6.07, 6.45) is 3.89. The molecule has 0 spiro atoms. The minimum atomic E-state index is -0.0439. The molecular weight excluding hydrogens is 264 g/mol. The Morgan fingerprint density at radius 3 is 2.57 bits per heavy atom. The Hall–Kier alpha value is -1.49.